The zero-order chi connectivity index (χ0) is 9.14. The van der Waals surface area contributed by atoms with E-state index in [9.17, 15) is 5.11 Å². The molecule has 68 valence electrons. The monoisotopic (exact) mass is 170 g/mol. The average Bonchev–Trinajstić information content (AvgIpc) is 2.45. The molecule has 0 aliphatic heterocycles. The Morgan fingerprint density at radius 1 is 1.67 bits per heavy atom. The van der Waals surface area contributed by atoms with Gasteiger partial charge in [0.1, 0.15) is 6.10 Å². The Morgan fingerprint density at radius 3 is 2.75 bits per heavy atom. The van der Waals surface area contributed by atoms with Crippen molar-refractivity contribution in [3.8, 4) is 0 Å². The molecule has 0 saturated carbocycles. The minimum absolute atomic E-state index is 0.166. The fourth-order valence-corrected chi connectivity index (χ4v) is 1.03. The number of aromatic nitrogens is 1. The number of aliphatic hydroxyl groups excluding tert-OH is 1. The topological polar surface area (TPSA) is 72.3 Å². The third kappa shape index (κ3) is 1.65. The third-order valence-electron chi connectivity index (χ3n) is 1.71. The van der Waals surface area contributed by atoms with Crippen LogP contribution >= 0.6 is 0 Å². The molecule has 0 radical (unpaired) electrons. The summed E-state index contributed by atoms with van der Waals surface area (Å²) in [5.74, 6) is 1.14. The molecule has 1 heterocycles. The average molecular weight is 170 g/mol. The third-order valence-corrected chi connectivity index (χ3v) is 1.71. The summed E-state index contributed by atoms with van der Waals surface area (Å²) in [6, 6.07) is 0. The minimum Gasteiger partial charge on any atom is -0.443 e. The van der Waals surface area contributed by atoms with Crippen LogP contribution in [0.3, 0.4) is 0 Å². The van der Waals surface area contributed by atoms with E-state index in [0.29, 0.717) is 11.7 Å². The number of aryl methyl sites for hydroxylation is 2. The van der Waals surface area contributed by atoms with E-state index >= 15 is 0 Å². The van der Waals surface area contributed by atoms with Gasteiger partial charge >= 0.3 is 0 Å². The summed E-state index contributed by atoms with van der Waals surface area (Å²) < 4.78 is 5.28. The second-order valence-corrected chi connectivity index (χ2v) is 2.66. The van der Waals surface area contributed by atoms with Crippen molar-refractivity contribution in [3.05, 3.63) is 17.3 Å². The first kappa shape index (κ1) is 9.22. The Bertz CT molecular complexity index is 258. The van der Waals surface area contributed by atoms with Crippen molar-refractivity contribution >= 4 is 0 Å². The van der Waals surface area contributed by atoms with Gasteiger partial charge in [-0.15, -0.1) is 0 Å². The van der Waals surface area contributed by atoms with Crippen molar-refractivity contribution in [2.75, 3.05) is 6.54 Å². The molecule has 0 aliphatic rings. The van der Waals surface area contributed by atoms with Crippen LogP contribution in [-0.4, -0.2) is 16.6 Å². The van der Waals surface area contributed by atoms with E-state index in [-0.39, 0.29) is 6.54 Å². The molecule has 1 rings (SSSR count). The first-order valence-corrected chi connectivity index (χ1v) is 4.03. The lowest BCUT2D eigenvalue weighted by atomic mass is 10.2. The summed E-state index contributed by atoms with van der Waals surface area (Å²) >= 11 is 0. The van der Waals surface area contributed by atoms with Gasteiger partial charge in [0, 0.05) is 13.0 Å². The fraction of sp³-hybridized carbons (Fsp3) is 0.625. The number of aliphatic hydroxyl groups is 1. The van der Waals surface area contributed by atoms with E-state index in [4.69, 9.17) is 10.2 Å². The Hall–Kier alpha value is -0.870. The smallest absolute Gasteiger partial charge is 0.194 e. The Kier molecular flexibility index (Phi) is 2.83. The van der Waals surface area contributed by atoms with Crippen molar-refractivity contribution in [1.82, 2.24) is 4.98 Å². The summed E-state index contributed by atoms with van der Waals surface area (Å²) in [4.78, 5) is 4.12. The standard InChI is InChI=1S/C8H14N2O2/c1-3-7-10-5(2)8(12-7)6(11)4-9/h6,11H,3-4,9H2,1-2H3. The van der Waals surface area contributed by atoms with Gasteiger partial charge in [-0.3, -0.25) is 0 Å². The molecule has 1 unspecified atom stereocenters. The predicted molar refractivity (Wildman–Crippen MR) is 44.6 cm³/mol. The Balaban J connectivity index is 2.91. The molecule has 4 nitrogen and oxygen atoms in total. The zero-order valence-corrected chi connectivity index (χ0v) is 7.37. The fourth-order valence-electron chi connectivity index (χ4n) is 1.03. The number of rotatable bonds is 3. The van der Waals surface area contributed by atoms with Gasteiger partial charge in [0.15, 0.2) is 11.7 Å². The van der Waals surface area contributed by atoms with Crippen LogP contribution in [0.25, 0.3) is 0 Å². The summed E-state index contributed by atoms with van der Waals surface area (Å²) in [6.45, 7) is 3.92. The van der Waals surface area contributed by atoms with Crippen LogP contribution in [-0.2, 0) is 6.42 Å². The molecule has 12 heavy (non-hydrogen) atoms. The summed E-state index contributed by atoms with van der Waals surface area (Å²) in [5, 5.41) is 9.36. The molecule has 3 N–H and O–H groups in total. The Morgan fingerprint density at radius 2 is 2.33 bits per heavy atom. The van der Waals surface area contributed by atoms with Crippen LogP contribution in [0, 0.1) is 6.92 Å². The highest BCUT2D eigenvalue weighted by atomic mass is 16.4. The van der Waals surface area contributed by atoms with E-state index < -0.39 is 6.10 Å². The summed E-state index contributed by atoms with van der Waals surface area (Å²) in [7, 11) is 0. The molecule has 0 bridgehead atoms. The van der Waals surface area contributed by atoms with E-state index in [0.717, 1.165) is 12.1 Å². The van der Waals surface area contributed by atoms with Crippen LogP contribution < -0.4 is 5.73 Å². The highest BCUT2D eigenvalue weighted by Crippen LogP contribution is 2.17. The zero-order valence-electron chi connectivity index (χ0n) is 7.37. The molecular weight excluding hydrogens is 156 g/mol. The van der Waals surface area contributed by atoms with E-state index in [1.54, 1.807) is 6.92 Å². The van der Waals surface area contributed by atoms with Crippen molar-refractivity contribution < 1.29 is 9.52 Å². The molecule has 1 aromatic heterocycles. The first-order chi connectivity index (χ1) is 5.69. The van der Waals surface area contributed by atoms with Crippen LogP contribution in [0.5, 0.6) is 0 Å². The summed E-state index contributed by atoms with van der Waals surface area (Å²) in [6.07, 6.45) is 0.01000. The first-order valence-electron chi connectivity index (χ1n) is 4.03. The van der Waals surface area contributed by atoms with Crippen molar-refractivity contribution in [2.24, 2.45) is 5.73 Å². The molecule has 0 amide bonds. The number of hydrogen-bond acceptors (Lipinski definition) is 4. The molecule has 0 saturated heterocycles. The maximum Gasteiger partial charge on any atom is 0.194 e. The van der Waals surface area contributed by atoms with Crippen LogP contribution in [0.4, 0.5) is 0 Å². The molecule has 1 atom stereocenters. The van der Waals surface area contributed by atoms with Gasteiger partial charge in [0.2, 0.25) is 0 Å². The van der Waals surface area contributed by atoms with E-state index in [1.165, 1.54) is 0 Å². The van der Waals surface area contributed by atoms with Gasteiger partial charge in [0.05, 0.1) is 5.69 Å². The molecule has 0 fully saturated rings. The van der Waals surface area contributed by atoms with E-state index in [1.807, 2.05) is 6.92 Å². The van der Waals surface area contributed by atoms with Gasteiger partial charge in [-0.25, -0.2) is 4.98 Å². The van der Waals surface area contributed by atoms with Gasteiger partial charge < -0.3 is 15.3 Å². The second kappa shape index (κ2) is 3.69. The number of nitrogens with two attached hydrogens (primary N) is 1. The predicted octanol–water partition coefficient (Wildman–Crippen LogP) is 0.538. The van der Waals surface area contributed by atoms with E-state index in [2.05, 4.69) is 4.98 Å². The lowest BCUT2D eigenvalue weighted by Crippen LogP contribution is -2.11. The van der Waals surface area contributed by atoms with Gasteiger partial charge in [-0.2, -0.15) is 0 Å². The van der Waals surface area contributed by atoms with Gasteiger partial charge in [-0.1, -0.05) is 6.92 Å². The Labute approximate surface area is 71.4 Å². The maximum atomic E-state index is 9.36. The number of nitrogens with zero attached hydrogens (tertiary/aromatic N) is 1. The largest absolute Gasteiger partial charge is 0.443 e. The molecule has 0 spiro atoms. The quantitative estimate of drug-likeness (QED) is 0.694. The van der Waals surface area contributed by atoms with Crippen LogP contribution in [0.2, 0.25) is 0 Å². The highest BCUT2D eigenvalue weighted by Gasteiger charge is 2.15. The molecule has 0 aromatic carbocycles. The molecule has 1 aromatic rings. The normalized spacial score (nSPS) is 13.3. The van der Waals surface area contributed by atoms with Crippen LogP contribution in [0.1, 0.15) is 30.4 Å². The van der Waals surface area contributed by atoms with Crippen molar-refractivity contribution in [1.29, 1.82) is 0 Å². The summed E-state index contributed by atoms with van der Waals surface area (Å²) in [5.41, 5.74) is 6.01. The number of hydrogen-bond donors (Lipinski definition) is 2. The van der Waals surface area contributed by atoms with Gasteiger partial charge in [0.25, 0.3) is 0 Å². The maximum absolute atomic E-state index is 9.36. The molecule has 0 aliphatic carbocycles. The van der Waals surface area contributed by atoms with Crippen molar-refractivity contribution in [3.63, 3.8) is 0 Å². The number of oxazole rings is 1. The second-order valence-electron chi connectivity index (χ2n) is 2.66. The lowest BCUT2D eigenvalue weighted by Gasteiger charge is -2.02. The van der Waals surface area contributed by atoms with Gasteiger partial charge in [-0.05, 0) is 6.92 Å². The van der Waals surface area contributed by atoms with Crippen molar-refractivity contribution in [2.45, 2.75) is 26.4 Å². The minimum atomic E-state index is -0.724. The van der Waals surface area contributed by atoms with Crippen LogP contribution in [0.15, 0.2) is 4.42 Å². The molecule has 4 heteroatoms. The SMILES string of the molecule is CCc1nc(C)c(C(O)CN)o1. The molecular formula is C8H14N2O2. The lowest BCUT2D eigenvalue weighted by molar-refractivity contribution is 0.155. The highest BCUT2D eigenvalue weighted by molar-refractivity contribution is 5.10.